The maximum atomic E-state index is 12.9. The Kier molecular flexibility index (Phi) is 6.94. The average Bonchev–Trinajstić information content (AvgIpc) is 3.21. The van der Waals surface area contributed by atoms with Crippen LogP contribution < -0.4 is 5.32 Å². The zero-order chi connectivity index (χ0) is 24.5. The number of alkyl halides is 3. The van der Waals surface area contributed by atoms with Gasteiger partial charge in [0.05, 0.1) is 23.9 Å². The molecule has 0 radical (unpaired) electrons. The lowest BCUT2D eigenvalue weighted by atomic mass is 10.0. The second-order valence-corrected chi connectivity index (χ2v) is 8.99. The van der Waals surface area contributed by atoms with Crippen LogP contribution in [0.1, 0.15) is 30.4 Å². The number of aryl methyl sites for hydroxylation is 1. The van der Waals surface area contributed by atoms with Crippen molar-refractivity contribution in [2.24, 2.45) is 0 Å². The summed E-state index contributed by atoms with van der Waals surface area (Å²) in [6.07, 6.45) is -2.55. The first-order valence-electron chi connectivity index (χ1n) is 11.3. The number of aliphatic hydroxyl groups excluding tert-OH is 1. The number of phenolic OH excluding ortho intramolecular Hbond substituents is 1. The largest absolute Gasteiger partial charge is 0.507 e. The summed E-state index contributed by atoms with van der Waals surface area (Å²) in [5, 5.41) is 31.4. The molecular weight excluding hydrogens is 451 g/mol. The third-order valence-corrected chi connectivity index (χ3v) is 6.31. The summed E-state index contributed by atoms with van der Waals surface area (Å²) < 4.78 is 38.6. The van der Waals surface area contributed by atoms with E-state index < -0.39 is 23.6 Å². The summed E-state index contributed by atoms with van der Waals surface area (Å²) in [5.41, 5.74) is 0.254. The molecule has 0 saturated carbocycles. The van der Waals surface area contributed by atoms with Gasteiger partial charge in [-0.15, -0.1) is 10.2 Å². The molecule has 1 aromatic heterocycles. The molecule has 2 fully saturated rings. The van der Waals surface area contributed by atoms with Crippen molar-refractivity contribution in [1.29, 1.82) is 0 Å². The summed E-state index contributed by atoms with van der Waals surface area (Å²) >= 11 is 0. The summed E-state index contributed by atoms with van der Waals surface area (Å²) in [4.78, 5) is 16.3. The number of aromatic nitrogens is 2. The Morgan fingerprint density at radius 3 is 2.62 bits per heavy atom. The predicted molar refractivity (Wildman–Crippen MR) is 119 cm³/mol. The van der Waals surface area contributed by atoms with E-state index in [-0.39, 0.29) is 23.2 Å². The van der Waals surface area contributed by atoms with Crippen molar-refractivity contribution >= 4 is 11.7 Å². The lowest BCUT2D eigenvalue weighted by molar-refractivity contribution is -0.137. The number of carbonyl (C=O) groups excluding carboxylic acids is 1. The van der Waals surface area contributed by atoms with E-state index in [4.69, 9.17) is 0 Å². The van der Waals surface area contributed by atoms with E-state index in [0.29, 0.717) is 44.5 Å². The second kappa shape index (κ2) is 9.75. The highest BCUT2D eigenvalue weighted by Gasteiger charge is 2.31. The summed E-state index contributed by atoms with van der Waals surface area (Å²) in [6, 6.07) is 4.49. The fraction of sp³-hybridized carbons (Fsp3) is 0.522. The molecule has 2 aliphatic rings. The number of rotatable bonds is 5. The van der Waals surface area contributed by atoms with Gasteiger partial charge in [0.2, 0.25) is 5.91 Å². The lowest BCUT2D eigenvalue weighted by Crippen LogP contribution is -2.47. The standard InChI is InChI=1S/C23H28F3N5O3/c1-14-9-19(18-5-4-15(10-20(18)33)23(24,25)26)28-29-22(14)27-16-3-2-7-30(11-16)13-21(34)31-8-6-17(32)12-31/h4-5,9-10,16-17,32-33H,2-3,6-8,11-13H2,1H3,(H,27,29)/t16-,17-/m1/s1. The summed E-state index contributed by atoms with van der Waals surface area (Å²) in [5.74, 6) is 0.0622. The normalized spacial score (nSPS) is 21.6. The van der Waals surface area contributed by atoms with Crippen LogP contribution >= 0.6 is 0 Å². The first-order chi connectivity index (χ1) is 16.1. The van der Waals surface area contributed by atoms with E-state index in [1.54, 1.807) is 11.0 Å². The Hall–Kier alpha value is -2.92. The van der Waals surface area contributed by atoms with Crippen LogP contribution in [0.25, 0.3) is 11.3 Å². The van der Waals surface area contributed by atoms with Crippen LogP contribution in [0.15, 0.2) is 24.3 Å². The molecule has 0 bridgehead atoms. The van der Waals surface area contributed by atoms with Crippen LogP contribution in [0, 0.1) is 6.92 Å². The van der Waals surface area contributed by atoms with E-state index in [1.165, 1.54) is 6.07 Å². The number of β-amino-alcohol motifs (C(OH)–C–C–N with tert-alkyl or cyclic N) is 1. The monoisotopic (exact) mass is 479 g/mol. The molecule has 2 atom stereocenters. The zero-order valence-corrected chi connectivity index (χ0v) is 18.8. The van der Waals surface area contributed by atoms with Gasteiger partial charge in [-0.05, 0) is 62.6 Å². The van der Waals surface area contributed by atoms with E-state index in [0.717, 1.165) is 31.0 Å². The average molecular weight is 480 g/mol. The molecule has 4 rings (SSSR count). The Balaban J connectivity index is 1.39. The highest BCUT2D eigenvalue weighted by molar-refractivity contribution is 5.78. The molecule has 184 valence electrons. The number of aromatic hydroxyl groups is 1. The van der Waals surface area contributed by atoms with Crippen molar-refractivity contribution in [3.05, 3.63) is 35.4 Å². The van der Waals surface area contributed by atoms with Crippen molar-refractivity contribution in [3.8, 4) is 17.0 Å². The number of piperidine rings is 1. The van der Waals surface area contributed by atoms with Gasteiger partial charge in [0.25, 0.3) is 0 Å². The fourth-order valence-corrected chi connectivity index (χ4v) is 4.45. The van der Waals surface area contributed by atoms with Gasteiger partial charge < -0.3 is 20.4 Å². The molecule has 3 N–H and O–H groups in total. The number of hydrogen-bond acceptors (Lipinski definition) is 7. The maximum absolute atomic E-state index is 12.9. The van der Waals surface area contributed by atoms with Crippen LogP contribution in [0.2, 0.25) is 0 Å². The molecule has 34 heavy (non-hydrogen) atoms. The number of benzene rings is 1. The van der Waals surface area contributed by atoms with Crippen molar-refractivity contribution in [2.45, 2.75) is 44.5 Å². The third-order valence-electron chi connectivity index (χ3n) is 6.31. The van der Waals surface area contributed by atoms with Crippen LogP contribution in [0.4, 0.5) is 19.0 Å². The summed E-state index contributed by atoms with van der Waals surface area (Å²) in [6.45, 7) is 4.57. The van der Waals surface area contributed by atoms with Crippen molar-refractivity contribution < 1.29 is 28.2 Å². The smallest absolute Gasteiger partial charge is 0.416 e. The van der Waals surface area contributed by atoms with Crippen molar-refractivity contribution in [1.82, 2.24) is 20.0 Å². The zero-order valence-electron chi connectivity index (χ0n) is 18.8. The summed E-state index contributed by atoms with van der Waals surface area (Å²) in [7, 11) is 0. The predicted octanol–water partition coefficient (Wildman–Crippen LogP) is 2.65. The van der Waals surface area contributed by atoms with Crippen LogP contribution in [-0.2, 0) is 11.0 Å². The number of nitrogens with one attached hydrogen (secondary N) is 1. The van der Waals surface area contributed by atoms with Gasteiger partial charge in [0, 0.05) is 31.2 Å². The molecule has 3 heterocycles. The van der Waals surface area contributed by atoms with E-state index in [9.17, 15) is 28.2 Å². The van der Waals surface area contributed by atoms with Gasteiger partial charge in [-0.1, -0.05) is 0 Å². The van der Waals surface area contributed by atoms with Crippen LogP contribution in [0.3, 0.4) is 0 Å². The minimum Gasteiger partial charge on any atom is -0.507 e. The highest BCUT2D eigenvalue weighted by atomic mass is 19.4. The molecular formula is C23H28F3N5O3. The number of aliphatic hydroxyl groups is 1. The molecule has 0 unspecified atom stereocenters. The molecule has 8 nitrogen and oxygen atoms in total. The van der Waals surface area contributed by atoms with Crippen molar-refractivity contribution in [3.63, 3.8) is 0 Å². The molecule has 1 aromatic carbocycles. The number of amides is 1. The van der Waals surface area contributed by atoms with Gasteiger partial charge in [0.15, 0.2) is 5.82 Å². The lowest BCUT2D eigenvalue weighted by Gasteiger charge is -2.34. The molecule has 0 spiro atoms. The Morgan fingerprint density at radius 1 is 1.18 bits per heavy atom. The van der Waals surface area contributed by atoms with E-state index in [2.05, 4.69) is 20.4 Å². The van der Waals surface area contributed by atoms with E-state index in [1.807, 2.05) is 6.92 Å². The molecule has 2 saturated heterocycles. The number of hydrogen-bond donors (Lipinski definition) is 3. The maximum Gasteiger partial charge on any atom is 0.416 e. The van der Waals surface area contributed by atoms with Gasteiger partial charge in [-0.25, -0.2) is 0 Å². The number of halogens is 3. The minimum absolute atomic E-state index is 0.0221. The SMILES string of the molecule is Cc1cc(-c2ccc(C(F)(F)F)cc2O)nnc1N[C@@H]1CCCN(CC(=O)N2CC[C@@H](O)C2)C1. The van der Waals surface area contributed by atoms with Gasteiger partial charge in [-0.3, -0.25) is 9.69 Å². The van der Waals surface area contributed by atoms with Crippen LogP contribution in [0.5, 0.6) is 5.75 Å². The van der Waals surface area contributed by atoms with Gasteiger partial charge in [0.1, 0.15) is 5.75 Å². The fourth-order valence-electron chi connectivity index (χ4n) is 4.45. The molecule has 2 aromatic rings. The van der Waals surface area contributed by atoms with Gasteiger partial charge in [-0.2, -0.15) is 13.2 Å². The number of nitrogens with zero attached hydrogens (tertiary/aromatic N) is 4. The van der Waals surface area contributed by atoms with Crippen molar-refractivity contribution in [2.75, 3.05) is 38.0 Å². The molecule has 1 amide bonds. The number of likely N-dealkylation sites (tertiary alicyclic amines) is 2. The highest BCUT2D eigenvalue weighted by Crippen LogP contribution is 2.36. The van der Waals surface area contributed by atoms with E-state index >= 15 is 0 Å². The van der Waals surface area contributed by atoms with Crippen LogP contribution in [-0.4, -0.2) is 81.0 Å². The third kappa shape index (κ3) is 5.58. The Morgan fingerprint density at radius 2 is 1.97 bits per heavy atom. The van der Waals surface area contributed by atoms with Gasteiger partial charge >= 0.3 is 6.18 Å². The molecule has 11 heteroatoms. The first kappa shape index (κ1) is 24.2. The number of phenols is 1. The minimum atomic E-state index is -4.54. The second-order valence-electron chi connectivity index (χ2n) is 8.99. The number of anilines is 1. The Bertz CT molecular complexity index is 1050. The number of carbonyl (C=O) groups is 1. The first-order valence-corrected chi connectivity index (χ1v) is 11.3. The Labute approximate surface area is 195 Å². The molecule has 0 aliphatic carbocycles. The quantitative estimate of drug-likeness (QED) is 0.606. The topological polar surface area (TPSA) is 102 Å². The molecule has 2 aliphatic heterocycles.